The van der Waals surface area contributed by atoms with Crippen molar-refractivity contribution in [3.05, 3.63) is 123 Å². The molecular formula is C41H49N3O7. The maximum Gasteiger partial charge on any atom is 0.336 e. The standard InChI is InChI=1S/C41H49N3O7/c1-29(2)51-40(46)37-31(4)42-30(3)36(38(37)32-14-11-19-35(28-32)44(47)48)39(45)50-27-13-26-49-25-12-22-43-23-20-41(21-24-43,33-15-7-5-8-16-33)34-17-9-6-10-18-34/h5-11,14-19,28-29,37-38H,12-13,20-27H2,1-4H3/t37?,38-/m1/s1. The van der Waals surface area contributed by atoms with Gasteiger partial charge in [-0.25, -0.2) is 4.79 Å². The number of nitro groups is 1. The van der Waals surface area contributed by atoms with Gasteiger partial charge < -0.3 is 19.1 Å². The summed E-state index contributed by atoms with van der Waals surface area (Å²) in [5.41, 5.74) is 4.16. The third kappa shape index (κ3) is 9.17. The molecule has 0 aromatic heterocycles. The summed E-state index contributed by atoms with van der Waals surface area (Å²) in [6.45, 7) is 11.0. The van der Waals surface area contributed by atoms with Crippen molar-refractivity contribution in [2.45, 2.75) is 70.8 Å². The number of rotatable bonds is 15. The van der Waals surface area contributed by atoms with Crippen LogP contribution >= 0.6 is 0 Å². The molecule has 0 N–H and O–H groups in total. The number of aliphatic imine (C=N–C) groups is 1. The van der Waals surface area contributed by atoms with Gasteiger partial charge in [0.2, 0.25) is 0 Å². The number of hydrogen-bond donors (Lipinski definition) is 0. The Hall–Kier alpha value is -4.67. The zero-order chi connectivity index (χ0) is 36.4. The van der Waals surface area contributed by atoms with Crippen molar-refractivity contribution in [2.24, 2.45) is 10.9 Å². The van der Waals surface area contributed by atoms with Crippen LogP contribution in [0, 0.1) is 16.0 Å². The first-order valence-electron chi connectivity index (χ1n) is 17.9. The summed E-state index contributed by atoms with van der Waals surface area (Å²) in [5.74, 6) is -2.95. The fraction of sp³-hybridized carbons (Fsp3) is 0.439. The second-order valence-corrected chi connectivity index (χ2v) is 13.7. The van der Waals surface area contributed by atoms with Gasteiger partial charge in [0.15, 0.2) is 0 Å². The Bertz CT molecular complexity index is 1670. The summed E-state index contributed by atoms with van der Waals surface area (Å²) in [6.07, 6.45) is 3.15. The number of nitro benzene ring substituents is 1. The highest BCUT2D eigenvalue weighted by Crippen LogP contribution is 2.42. The number of allylic oxidation sites excluding steroid dienone is 1. The number of ether oxygens (including phenoxy) is 3. The second-order valence-electron chi connectivity index (χ2n) is 13.7. The highest BCUT2D eigenvalue weighted by atomic mass is 16.6. The molecule has 1 fully saturated rings. The average molecular weight is 696 g/mol. The van der Waals surface area contributed by atoms with Crippen LogP contribution in [0.2, 0.25) is 0 Å². The summed E-state index contributed by atoms with van der Waals surface area (Å²) in [6, 6.07) is 27.7. The first kappa shape index (κ1) is 37.6. The van der Waals surface area contributed by atoms with E-state index in [4.69, 9.17) is 14.2 Å². The van der Waals surface area contributed by atoms with Crippen LogP contribution in [0.4, 0.5) is 5.69 Å². The van der Waals surface area contributed by atoms with Gasteiger partial charge in [0.1, 0.15) is 5.92 Å². The van der Waals surface area contributed by atoms with E-state index in [1.54, 1.807) is 39.8 Å². The van der Waals surface area contributed by atoms with E-state index < -0.39 is 34.8 Å². The van der Waals surface area contributed by atoms with Crippen molar-refractivity contribution < 1.29 is 28.7 Å². The Balaban J connectivity index is 1.11. The Morgan fingerprint density at radius 1 is 0.902 bits per heavy atom. The minimum absolute atomic E-state index is 0.0295. The molecule has 5 rings (SSSR count). The molecule has 2 heterocycles. The molecule has 2 aliphatic rings. The molecule has 10 heteroatoms. The molecule has 2 aliphatic heterocycles. The number of non-ortho nitro benzene ring substituents is 1. The molecule has 10 nitrogen and oxygen atoms in total. The minimum Gasteiger partial charge on any atom is -0.462 e. The SMILES string of the molecule is CC1=NC(C)=C(C(=O)OCCCOCCCN2CCC(c3ccccc3)(c3ccccc3)CC2)[C@@H](c2cccc([N+](=O)[O-])c2)C1C(=O)OC(C)C. The molecule has 2 atom stereocenters. The van der Waals surface area contributed by atoms with E-state index in [1.165, 1.54) is 23.3 Å². The maximum absolute atomic E-state index is 13.6. The predicted molar refractivity (Wildman–Crippen MR) is 197 cm³/mol. The number of hydrogen-bond acceptors (Lipinski definition) is 9. The highest BCUT2D eigenvalue weighted by molar-refractivity contribution is 6.07. The topological polar surface area (TPSA) is 121 Å². The summed E-state index contributed by atoms with van der Waals surface area (Å²) >= 11 is 0. The van der Waals surface area contributed by atoms with Crippen LogP contribution in [0.15, 0.2) is 101 Å². The van der Waals surface area contributed by atoms with Gasteiger partial charge in [0.05, 0.1) is 23.2 Å². The lowest BCUT2D eigenvalue weighted by Crippen LogP contribution is -2.43. The quantitative estimate of drug-likeness (QED) is 0.0698. The van der Waals surface area contributed by atoms with Crippen molar-refractivity contribution in [3.8, 4) is 0 Å². The first-order chi connectivity index (χ1) is 24.6. The van der Waals surface area contributed by atoms with Crippen LogP contribution in [0.5, 0.6) is 0 Å². The van der Waals surface area contributed by atoms with Crippen molar-refractivity contribution in [1.82, 2.24) is 4.90 Å². The normalized spacial score (nSPS) is 19.0. The van der Waals surface area contributed by atoms with Gasteiger partial charge >= 0.3 is 11.9 Å². The number of carbonyl (C=O) groups excluding carboxylic acids is 2. The van der Waals surface area contributed by atoms with Crippen molar-refractivity contribution in [1.29, 1.82) is 0 Å². The molecule has 51 heavy (non-hydrogen) atoms. The molecule has 1 unspecified atom stereocenters. The van der Waals surface area contributed by atoms with Gasteiger partial charge in [-0.2, -0.15) is 0 Å². The van der Waals surface area contributed by atoms with E-state index in [-0.39, 0.29) is 23.3 Å². The van der Waals surface area contributed by atoms with E-state index in [1.807, 2.05) is 0 Å². The van der Waals surface area contributed by atoms with Crippen LogP contribution in [0.25, 0.3) is 0 Å². The molecule has 0 amide bonds. The van der Waals surface area contributed by atoms with Crippen molar-refractivity contribution >= 4 is 23.3 Å². The molecular weight excluding hydrogens is 646 g/mol. The number of esters is 2. The number of likely N-dealkylation sites (tertiary alicyclic amines) is 1. The van der Waals surface area contributed by atoms with E-state index in [2.05, 4.69) is 70.6 Å². The largest absolute Gasteiger partial charge is 0.462 e. The third-order valence-corrected chi connectivity index (χ3v) is 9.89. The fourth-order valence-corrected chi connectivity index (χ4v) is 7.42. The van der Waals surface area contributed by atoms with Gasteiger partial charge in [-0.1, -0.05) is 72.8 Å². The smallest absolute Gasteiger partial charge is 0.336 e. The lowest BCUT2D eigenvalue weighted by atomic mass is 9.68. The third-order valence-electron chi connectivity index (χ3n) is 9.89. The molecule has 270 valence electrons. The number of nitrogens with zero attached hydrogens (tertiary/aromatic N) is 3. The van der Waals surface area contributed by atoms with E-state index in [0.29, 0.717) is 36.6 Å². The average Bonchev–Trinajstić information content (AvgIpc) is 3.13. The van der Waals surface area contributed by atoms with Gasteiger partial charge in [0, 0.05) is 61.1 Å². The van der Waals surface area contributed by atoms with E-state index in [9.17, 15) is 19.7 Å². The van der Waals surface area contributed by atoms with Crippen LogP contribution in [0.3, 0.4) is 0 Å². The Labute approximate surface area is 300 Å². The van der Waals surface area contributed by atoms with E-state index >= 15 is 0 Å². The van der Waals surface area contributed by atoms with Gasteiger partial charge in [-0.15, -0.1) is 0 Å². The molecule has 0 bridgehead atoms. The summed E-state index contributed by atoms with van der Waals surface area (Å²) < 4.78 is 17.1. The van der Waals surface area contributed by atoms with Crippen molar-refractivity contribution in [3.63, 3.8) is 0 Å². The van der Waals surface area contributed by atoms with Crippen LogP contribution in [-0.2, 0) is 29.2 Å². The molecule has 0 saturated carbocycles. The second kappa shape index (κ2) is 17.5. The Kier molecular flexibility index (Phi) is 12.9. The van der Waals surface area contributed by atoms with Gasteiger partial charge in [0.25, 0.3) is 5.69 Å². The summed E-state index contributed by atoms with van der Waals surface area (Å²) in [5, 5.41) is 11.6. The molecule has 0 aliphatic carbocycles. The molecule has 3 aromatic carbocycles. The zero-order valence-corrected chi connectivity index (χ0v) is 30.1. The minimum atomic E-state index is -0.933. The van der Waals surface area contributed by atoms with Crippen molar-refractivity contribution in [2.75, 3.05) is 39.5 Å². The monoisotopic (exact) mass is 695 g/mol. The maximum atomic E-state index is 13.6. The molecule has 1 saturated heterocycles. The predicted octanol–water partition coefficient (Wildman–Crippen LogP) is 7.42. The molecule has 0 radical (unpaired) electrons. The summed E-state index contributed by atoms with van der Waals surface area (Å²) in [4.78, 5) is 45.0. The van der Waals surface area contributed by atoms with Gasteiger partial charge in [-0.05, 0) is 76.7 Å². The fourth-order valence-electron chi connectivity index (χ4n) is 7.42. The van der Waals surface area contributed by atoms with Gasteiger partial charge in [-0.3, -0.25) is 19.9 Å². The zero-order valence-electron chi connectivity index (χ0n) is 30.1. The van der Waals surface area contributed by atoms with Crippen LogP contribution in [-0.4, -0.2) is 73.0 Å². The number of piperidine rings is 1. The first-order valence-corrected chi connectivity index (χ1v) is 17.9. The highest BCUT2D eigenvalue weighted by Gasteiger charge is 2.43. The molecule has 0 spiro atoms. The van der Waals surface area contributed by atoms with Crippen LogP contribution < -0.4 is 0 Å². The lowest BCUT2D eigenvalue weighted by Gasteiger charge is -2.43. The Morgan fingerprint density at radius 2 is 1.53 bits per heavy atom. The van der Waals surface area contributed by atoms with E-state index in [0.717, 1.165) is 38.9 Å². The number of benzene rings is 3. The molecule has 3 aromatic rings. The summed E-state index contributed by atoms with van der Waals surface area (Å²) in [7, 11) is 0. The van der Waals surface area contributed by atoms with Crippen LogP contribution in [0.1, 0.15) is 76.0 Å². The lowest BCUT2D eigenvalue weighted by molar-refractivity contribution is -0.384. The Morgan fingerprint density at radius 3 is 2.14 bits per heavy atom. The number of carbonyl (C=O) groups is 2.